The summed E-state index contributed by atoms with van der Waals surface area (Å²) < 4.78 is 29.3. The molecule has 0 radical (unpaired) electrons. The van der Waals surface area contributed by atoms with Gasteiger partial charge >= 0.3 is 0 Å². The van der Waals surface area contributed by atoms with E-state index in [0.29, 0.717) is 42.2 Å². The highest BCUT2D eigenvalue weighted by molar-refractivity contribution is 14.0. The molecule has 0 aromatic carbocycles. The van der Waals surface area contributed by atoms with E-state index in [1.807, 2.05) is 0 Å². The third-order valence-electron chi connectivity index (χ3n) is 6.92. The smallest absolute Gasteiger partial charge is 0.191 e. The molecule has 2 aliphatic heterocycles. The number of rotatable bonds is 4. The summed E-state index contributed by atoms with van der Waals surface area (Å²) in [6.07, 6.45) is 7.16. The molecule has 2 saturated heterocycles. The molecular weight excluding hydrogens is 477 g/mol. The van der Waals surface area contributed by atoms with Crippen molar-refractivity contribution in [1.29, 1.82) is 0 Å². The van der Waals surface area contributed by atoms with E-state index in [1.54, 1.807) is 0 Å². The minimum Gasteiger partial charge on any atom is -0.377 e. The molecule has 8 heteroatoms. The van der Waals surface area contributed by atoms with E-state index < -0.39 is 9.84 Å². The van der Waals surface area contributed by atoms with Gasteiger partial charge in [-0.2, -0.15) is 0 Å². The van der Waals surface area contributed by atoms with Gasteiger partial charge in [0.15, 0.2) is 15.8 Å². The van der Waals surface area contributed by atoms with Gasteiger partial charge in [0.25, 0.3) is 0 Å². The van der Waals surface area contributed by atoms with Crippen molar-refractivity contribution in [2.24, 2.45) is 22.2 Å². The number of hydrogen-bond acceptors (Lipinski definition) is 4. The monoisotopic (exact) mass is 511 g/mol. The molecule has 0 spiro atoms. The molecule has 2 saturated carbocycles. The molecule has 0 bridgehead atoms. The summed E-state index contributed by atoms with van der Waals surface area (Å²) in [6, 6.07) is 0.863. The van der Waals surface area contributed by atoms with Crippen LogP contribution in [0.15, 0.2) is 4.99 Å². The van der Waals surface area contributed by atoms with Gasteiger partial charge in [-0.15, -0.1) is 24.0 Å². The summed E-state index contributed by atoms with van der Waals surface area (Å²) >= 11 is 0. The van der Waals surface area contributed by atoms with E-state index in [4.69, 9.17) is 9.73 Å². The Labute approximate surface area is 180 Å². The third kappa shape index (κ3) is 4.57. The van der Waals surface area contributed by atoms with Crippen LogP contribution in [0.5, 0.6) is 0 Å². The number of ether oxygens (including phenoxy) is 1. The fraction of sp³-hybridized carbons (Fsp3) is 0.947. The highest BCUT2D eigenvalue weighted by atomic mass is 127. The van der Waals surface area contributed by atoms with Gasteiger partial charge in [-0.1, -0.05) is 26.7 Å². The maximum atomic E-state index is 11.7. The van der Waals surface area contributed by atoms with Gasteiger partial charge < -0.3 is 15.4 Å². The lowest BCUT2D eigenvalue weighted by atomic mass is 9.57. The minimum absolute atomic E-state index is 0. The van der Waals surface area contributed by atoms with Crippen molar-refractivity contribution in [3.63, 3.8) is 0 Å². The fourth-order valence-electron chi connectivity index (χ4n) is 5.40. The predicted molar refractivity (Wildman–Crippen MR) is 118 cm³/mol. The van der Waals surface area contributed by atoms with Crippen LogP contribution < -0.4 is 10.6 Å². The Morgan fingerprint density at radius 2 is 1.89 bits per heavy atom. The Hall–Kier alpha value is -0.0900. The van der Waals surface area contributed by atoms with E-state index in [1.165, 1.54) is 25.7 Å². The Balaban J connectivity index is 0.00000210. The number of nitrogens with zero attached hydrogens (tertiary/aromatic N) is 1. The van der Waals surface area contributed by atoms with Gasteiger partial charge in [-0.3, -0.25) is 4.99 Å². The molecule has 0 aromatic rings. The molecule has 2 heterocycles. The van der Waals surface area contributed by atoms with Crippen LogP contribution in [0, 0.1) is 17.3 Å². The zero-order valence-corrected chi connectivity index (χ0v) is 19.6. The lowest BCUT2D eigenvalue weighted by Gasteiger charge is -2.55. The quantitative estimate of drug-likeness (QED) is 0.344. The van der Waals surface area contributed by atoms with Crippen LogP contribution in [0.3, 0.4) is 0 Å². The van der Waals surface area contributed by atoms with Crippen LogP contribution >= 0.6 is 24.0 Å². The van der Waals surface area contributed by atoms with Gasteiger partial charge in [0.05, 0.1) is 17.6 Å². The SMILES string of the molecule is CC1(C)C(NC(=NCC2CCS(=O)(=O)C2)NC2CCCC2)C2CCOC21.I. The zero-order valence-electron chi connectivity index (χ0n) is 16.4. The minimum atomic E-state index is -2.84. The molecule has 4 rings (SSSR count). The van der Waals surface area contributed by atoms with Gasteiger partial charge in [-0.05, 0) is 31.6 Å². The molecular formula is C19H34IN3O3S. The second-order valence-corrected chi connectivity index (χ2v) is 11.5. The standard InChI is InChI=1S/C19H33N3O3S.HI/c1-19(2)16(15-7-9-25-17(15)19)22-18(21-14-5-3-4-6-14)20-11-13-8-10-26(23,24)12-13;/h13-17H,3-12H2,1-2H3,(H2,20,21,22);1H. The molecule has 27 heavy (non-hydrogen) atoms. The van der Waals surface area contributed by atoms with Crippen molar-refractivity contribution in [3.05, 3.63) is 0 Å². The number of nitrogens with one attached hydrogen (secondary N) is 2. The Kier molecular flexibility index (Phi) is 6.68. The molecule has 156 valence electrons. The van der Waals surface area contributed by atoms with Gasteiger partial charge in [0.2, 0.25) is 0 Å². The first-order valence-corrected chi connectivity index (χ1v) is 12.1. The van der Waals surface area contributed by atoms with Crippen molar-refractivity contribution in [2.45, 2.75) is 70.6 Å². The molecule has 0 aromatic heterocycles. The maximum absolute atomic E-state index is 11.7. The van der Waals surface area contributed by atoms with Crippen molar-refractivity contribution in [3.8, 4) is 0 Å². The van der Waals surface area contributed by atoms with E-state index in [0.717, 1.165) is 25.4 Å². The predicted octanol–water partition coefficient (Wildman–Crippen LogP) is 2.33. The van der Waals surface area contributed by atoms with Crippen molar-refractivity contribution in [1.82, 2.24) is 10.6 Å². The van der Waals surface area contributed by atoms with Gasteiger partial charge in [0.1, 0.15) is 0 Å². The molecule has 6 nitrogen and oxygen atoms in total. The largest absolute Gasteiger partial charge is 0.377 e. The van der Waals surface area contributed by atoms with Crippen LogP contribution in [0.25, 0.3) is 0 Å². The second-order valence-electron chi connectivity index (χ2n) is 9.27. The summed E-state index contributed by atoms with van der Waals surface area (Å²) in [7, 11) is -2.84. The molecule has 4 aliphatic rings. The van der Waals surface area contributed by atoms with E-state index >= 15 is 0 Å². The second kappa shape index (κ2) is 8.34. The van der Waals surface area contributed by atoms with Crippen molar-refractivity contribution < 1.29 is 13.2 Å². The first-order valence-electron chi connectivity index (χ1n) is 10.2. The van der Waals surface area contributed by atoms with E-state index in [2.05, 4.69) is 24.5 Å². The highest BCUT2D eigenvalue weighted by Crippen LogP contribution is 2.52. The zero-order chi connectivity index (χ0) is 18.4. The average Bonchev–Trinajstić information content (AvgIpc) is 3.30. The third-order valence-corrected chi connectivity index (χ3v) is 8.76. The molecule has 4 unspecified atom stereocenters. The number of guanidine groups is 1. The van der Waals surface area contributed by atoms with Gasteiger partial charge in [0, 0.05) is 36.6 Å². The number of aliphatic imine (C=N–C) groups is 1. The van der Waals surface area contributed by atoms with Crippen LogP contribution in [-0.4, -0.2) is 57.2 Å². The first-order chi connectivity index (χ1) is 12.4. The Morgan fingerprint density at radius 3 is 2.56 bits per heavy atom. The van der Waals surface area contributed by atoms with E-state index in [-0.39, 0.29) is 35.3 Å². The topological polar surface area (TPSA) is 79.8 Å². The van der Waals surface area contributed by atoms with Crippen LogP contribution in [0.1, 0.15) is 52.4 Å². The number of halogens is 1. The van der Waals surface area contributed by atoms with Crippen molar-refractivity contribution in [2.75, 3.05) is 24.7 Å². The molecule has 4 fully saturated rings. The summed E-state index contributed by atoms with van der Waals surface area (Å²) in [5, 5.41) is 7.32. The van der Waals surface area contributed by atoms with Gasteiger partial charge in [-0.25, -0.2) is 8.42 Å². The lowest BCUT2D eigenvalue weighted by molar-refractivity contribution is -0.106. The lowest BCUT2D eigenvalue weighted by Crippen LogP contribution is -2.68. The van der Waals surface area contributed by atoms with Crippen LogP contribution in [0.4, 0.5) is 0 Å². The number of fused-ring (bicyclic) bond motifs is 1. The van der Waals surface area contributed by atoms with Crippen LogP contribution in [0.2, 0.25) is 0 Å². The summed E-state index contributed by atoms with van der Waals surface area (Å²) in [5.41, 5.74) is 0.107. The maximum Gasteiger partial charge on any atom is 0.191 e. The highest BCUT2D eigenvalue weighted by Gasteiger charge is 2.59. The van der Waals surface area contributed by atoms with E-state index in [9.17, 15) is 8.42 Å². The molecule has 0 amide bonds. The average molecular weight is 511 g/mol. The molecule has 2 aliphatic carbocycles. The summed E-state index contributed by atoms with van der Waals surface area (Å²) in [4.78, 5) is 4.83. The normalized spacial score (nSPS) is 37.3. The number of sulfone groups is 1. The first kappa shape index (κ1) is 21.6. The Bertz CT molecular complexity index is 661. The van der Waals surface area contributed by atoms with Crippen LogP contribution in [-0.2, 0) is 14.6 Å². The summed E-state index contributed by atoms with van der Waals surface area (Å²) in [5.74, 6) is 2.22. The molecule has 2 N–H and O–H groups in total. The summed E-state index contributed by atoms with van der Waals surface area (Å²) in [6.45, 7) is 6.00. The molecule has 4 atom stereocenters. The fourth-order valence-corrected chi connectivity index (χ4v) is 7.25. The van der Waals surface area contributed by atoms with Crippen molar-refractivity contribution >= 4 is 39.8 Å². The Morgan fingerprint density at radius 1 is 1.15 bits per heavy atom. The number of hydrogen-bond donors (Lipinski definition) is 2.